The zero-order valence-corrected chi connectivity index (χ0v) is 12.5. The van der Waals surface area contributed by atoms with Gasteiger partial charge < -0.3 is 4.74 Å². The Morgan fingerprint density at radius 2 is 1.95 bits per heavy atom. The zero-order valence-electron chi connectivity index (χ0n) is 11.0. The lowest BCUT2D eigenvalue weighted by Crippen LogP contribution is -2.03. The summed E-state index contributed by atoms with van der Waals surface area (Å²) in [5, 5.41) is 8.01. The van der Waals surface area contributed by atoms with Crippen molar-refractivity contribution in [3.63, 3.8) is 0 Å². The molecule has 6 heteroatoms. The first-order valence-electron chi connectivity index (χ1n) is 6.07. The van der Waals surface area contributed by atoms with Gasteiger partial charge in [0, 0.05) is 6.07 Å². The third kappa shape index (κ3) is 3.58. The van der Waals surface area contributed by atoms with Crippen molar-refractivity contribution >= 4 is 23.2 Å². The van der Waals surface area contributed by atoms with Crippen molar-refractivity contribution in [1.82, 2.24) is 10.2 Å². The quantitative estimate of drug-likeness (QED) is 0.825. The molecule has 20 heavy (non-hydrogen) atoms. The van der Waals surface area contributed by atoms with Gasteiger partial charge >= 0.3 is 0 Å². The topological polar surface area (TPSA) is 35.0 Å². The highest BCUT2D eigenvalue weighted by atomic mass is 35.5. The highest BCUT2D eigenvalue weighted by molar-refractivity contribution is 6.30. The van der Waals surface area contributed by atoms with E-state index >= 15 is 0 Å². The van der Waals surface area contributed by atoms with Gasteiger partial charge in [0.25, 0.3) is 0 Å². The van der Waals surface area contributed by atoms with E-state index in [2.05, 4.69) is 10.2 Å². The zero-order chi connectivity index (χ0) is 14.7. The molecule has 0 bridgehead atoms. The summed E-state index contributed by atoms with van der Waals surface area (Å²) in [7, 11) is 0. The van der Waals surface area contributed by atoms with Gasteiger partial charge in [-0.2, -0.15) is 5.10 Å². The van der Waals surface area contributed by atoms with Crippen LogP contribution in [-0.2, 0) is 6.61 Å². The van der Waals surface area contributed by atoms with Crippen LogP contribution in [0.5, 0.6) is 5.75 Å². The van der Waals surface area contributed by atoms with Crippen molar-refractivity contribution in [2.24, 2.45) is 0 Å². The lowest BCUT2D eigenvalue weighted by Gasteiger charge is -2.14. The summed E-state index contributed by atoms with van der Waals surface area (Å²) in [6.45, 7) is 4.15. The van der Waals surface area contributed by atoms with Crippen LogP contribution in [0.15, 0.2) is 24.3 Å². The third-order valence-electron chi connectivity index (χ3n) is 2.74. The second-order valence-electron chi connectivity index (χ2n) is 4.59. The summed E-state index contributed by atoms with van der Waals surface area (Å²) in [6, 6.07) is 6.21. The van der Waals surface area contributed by atoms with Crippen molar-refractivity contribution in [2.75, 3.05) is 0 Å². The molecule has 0 radical (unpaired) electrons. The minimum atomic E-state index is -0.506. The summed E-state index contributed by atoms with van der Waals surface area (Å²) in [4.78, 5) is 0. The van der Waals surface area contributed by atoms with Gasteiger partial charge in [0.1, 0.15) is 23.9 Å². The Kier molecular flexibility index (Phi) is 4.78. The Balaban J connectivity index is 2.20. The first-order chi connectivity index (χ1) is 9.47. The average molecular weight is 315 g/mol. The van der Waals surface area contributed by atoms with Crippen LogP contribution in [0.2, 0.25) is 10.2 Å². The van der Waals surface area contributed by atoms with Crippen LogP contribution >= 0.6 is 23.2 Å². The lowest BCUT2D eigenvalue weighted by atomic mass is 10.0. The molecule has 0 aliphatic heterocycles. The Morgan fingerprint density at radius 1 is 1.20 bits per heavy atom. The van der Waals surface area contributed by atoms with E-state index in [1.807, 2.05) is 13.8 Å². The normalized spacial score (nSPS) is 10.9. The molecule has 0 spiro atoms. The predicted molar refractivity (Wildman–Crippen MR) is 76.9 cm³/mol. The Bertz CT molecular complexity index is 603. The van der Waals surface area contributed by atoms with Gasteiger partial charge in [0.05, 0.1) is 5.02 Å². The van der Waals surface area contributed by atoms with Gasteiger partial charge in [0.15, 0.2) is 5.15 Å². The molecule has 106 valence electrons. The summed E-state index contributed by atoms with van der Waals surface area (Å²) < 4.78 is 19.2. The lowest BCUT2D eigenvalue weighted by molar-refractivity contribution is 0.294. The number of rotatable bonds is 4. The molecular formula is C14H13Cl2FN2O. The molecule has 1 aromatic carbocycles. The second kappa shape index (κ2) is 6.37. The second-order valence-corrected chi connectivity index (χ2v) is 5.39. The van der Waals surface area contributed by atoms with E-state index in [1.165, 1.54) is 6.07 Å². The maximum Gasteiger partial charge on any atom is 0.151 e. The molecule has 3 nitrogen and oxygen atoms in total. The molecule has 0 fully saturated rings. The van der Waals surface area contributed by atoms with Crippen molar-refractivity contribution < 1.29 is 9.13 Å². The predicted octanol–water partition coefficient (Wildman–Crippen LogP) is 4.62. The summed E-state index contributed by atoms with van der Waals surface area (Å²) in [6.07, 6.45) is 0. The van der Waals surface area contributed by atoms with E-state index in [-0.39, 0.29) is 17.5 Å². The molecule has 1 aromatic heterocycles. The van der Waals surface area contributed by atoms with Gasteiger partial charge in [0.2, 0.25) is 0 Å². The molecule has 0 aliphatic rings. The van der Waals surface area contributed by atoms with Gasteiger partial charge in [-0.05, 0) is 29.7 Å². The van der Waals surface area contributed by atoms with E-state index in [1.54, 1.807) is 18.2 Å². The fraction of sp³-hybridized carbons (Fsp3) is 0.286. The first-order valence-corrected chi connectivity index (χ1v) is 6.83. The Morgan fingerprint density at radius 3 is 2.55 bits per heavy atom. The molecule has 1 heterocycles. The fourth-order valence-electron chi connectivity index (χ4n) is 1.69. The van der Waals surface area contributed by atoms with Gasteiger partial charge in [-0.15, -0.1) is 5.10 Å². The number of benzene rings is 1. The molecule has 0 saturated heterocycles. The molecular weight excluding hydrogens is 302 g/mol. The maximum absolute atomic E-state index is 13.5. The average Bonchev–Trinajstić information content (AvgIpc) is 2.41. The molecule has 0 saturated carbocycles. The largest absolute Gasteiger partial charge is 0.487 e. The van der Waals surface area contributed by atoms with Gasteiger partial charge in [-0.25, -0.2) is 4.39 Å². The smallest absolute Gasteiger partial charge is 0.151 e. The monoisotopic (exact) mass is 314 g/mol. The minimum Gasteiger partial charge on any atom is -0.487 e. The third-order valence-corrected chi connectivity index (χ3v) is 3.23. The van der Waals surface area contributed by atoms with E-state index in [4.69, 9.17) is 27.9 Å². The summed E-state index contributed by atoms with van der Waals surface area (Å²) in [5.41, 5.74) is 1.46. The highest BCUT2D eigenvalue weighted by Gasteiger charge is 2.13. The minimum absolute atomic E-state index is 0.0901. The van der Waals surface area contributed by atoms with Crippen LogP contribution in [0, 0.1) is 5.82 Å². The number of ether oxygens (including phenoxy) is 1. The van der Waals surface area contributed by atoms with Gasteiger partial charge in [-0.3, -0.25) is 0 Å². The van der Waals surface area contributed by atoms with E-state index < -0.39 is 5.82 Å². The van der Waals surface area contributed by atoms with Crippen LogP contribution in [0.3, 0.4) is 0 Å². The van der Waals surface area contributed by atoms with Crippen LogP contribution in [0.4, 0.5) is 4.39 Å². The summed E-state index contributed by atoms with van der Waals surface area (Å²) in [5.74, 6) is 0.117. The van der Waals surface area contributed by atoms with Crippen molar-refractivity contribution in [3.05, 3.63) is 51.5 Å². The number of nitrogens with zero attached hydrogens (tertiary/aromatic N) is 2. The van der Waals surface area contributed by atoms with Crippen LogP contribution in [0.25, 0.3) is 0 Å². The summed E-state index contributed by atoms with van der Waals surface area (Å²) >= 11 is 11.5. The number of hydrogen-bond donors (Lipinski definition) is 0. The first kappa shape index (κ1) is 15.0. The SMILES string of the molecule is CC(C)c1cc(Cl)c(F)cc1OCc1ccc(Cl)nn1. The number of aromatic nitrogens is 2. The molecule has 0 amide bonds. The Hall–Kier alpha value is -1.39. The van der Waals surface area contributed by atoms with Crippen LogP contribution in [0.1, 0.15) is 31.0 Å². The molecule has 0 aliphatic carbocycles. The molecule has 0 atom stereocenters. The number of hydrogen-bond acceptors (Lipinski definition) is 3. The standard InChI is InChI=1S/C14H13Cl2FN2O/c1-8(2)10-5-11(15)12(17)6-13(10)20-7-9-3-4-14(16)19-18-9/h3-6,8H,7H2,1-2H3. The van der Waals surface area contributed by atoms with E-state index in [0.717, 1.165) is 5.56 Å². The molecule has 2 rings (SSSR count). The highest BCUT2D eigenvalue weighted by Crippen LogP contribution is 2.31. The molecule has 2 aromatic rings. The fourth-order valence-corrected chi connectivity index (χ4v) is 1.97. The Labute approximate surface area is 126 Å². The van der Waals surface area contributed by atoms with E-state index in [9.17, 15) is 4.39 Å². The van der Waals surface area contributed by atoms with Crippen molar-refractivity contribution in [3.8, 4) is 5.75 Å². The van der Waals surface area contributed by atoms with Crippen molar-refractivity contribution in [2.45, 2.75) is 26.4 Å². The van der Waals surface area contributed by atoms with Gasteiger partial charge in [-0.1, -0.05) is 37.0 Å². The number of halogens is 3. The molecule has 0 N–H and O–H groups in total. The molecule has 0 unspecified atom stereocenters. The van der Waals surface area contributed by atoms with Crippen LogP contribution < -0.4 is 4.74 Å². The van der Waals surface area contributed by atoms with Crippen LogP contribution in [-0.4, -0.2) is 10.2 Å². The van der Waals surface area contributed by atoms with E-state index in [0.29, 0.717) is 16.6 Å². The maximum atomic E-state index is 13.5. The van der Waals surface area contributed by atoms with Crippen molar-refractivity contribution in [1.29, 1.82) is 0 Å².